The Morgan fingerprint density at radius 3 is 2.58 bits per heavy atom. The van der Waals surface area contributed by atoms with E-state index in [0.717, 1.165) is 47.1 Å². The van der Waals surface area contributed by atoms with Gasteiger partial charge in [0.15, 0.2) is 0 Å². The normalized spacial score (nSPS) is 11.0. The minimum Gasteiger partial charge on any atom is -0.385 e. The minimum absolute atomic E-state index is 0.545. The molecule has 3 aromatic rings. The third-order valence-corrected chi connectivity index (χ3v) is 4.40. The summed E-state index contributed by atoms with van der Waals surface area (Å²) in [6, 6.07) is 17.9. The van der Waals surface area contributed by atoms with Crippen molar-refractivity contribution in [2.24, 2.45) is 0 Å². The van der Waals surface area contributed by atoms with E-state index < -0.39 is 0 Å². The number of hydrogen-bond donors (Lipinski definition) is 1. The van der Waals surface area contributed by atoms with E-state index >= 15 is 0 Å². The van der Waals surface area contributed by atoms with Gasteiger partial charge in [0.1, 0.15) is 11.4 Å². The lowest BCUT2D eigenvalue weighted by atomic mass is 10.1. The molecule has 26 heavy (non-hydrogen) atoms. The van der Waals surface area contributed by atoms with Gasteiger partial charge in [0.25, 0.3) is 0 Å². The minimum atomic E-state index is 0.545. The van der Waals surface area contributed by atoms with Crippen LogP contribution in [-0.4, -0.2) is 35.3 Å². The second kappa shape index (κ2) is 9.48. The molecule has 1 heterocycles. The first kappa shape index (κ1) is 18.6. The zero-order valence-corrected chi connectivity index (χ0v) is 15.6. The molecular formula is C20H23ClN4O. The summed E-state index contributed by atoms with van der Waals surface area (Å²) in [5, 5.41) is 13.5. The van der Waals surface area contributed by atoms with Crippen LogP contribution in [0.4, 0.5) is 0 Å². The molecule has 0 aliphatic heterocycles. The van der Waals surface area contributed by atoms with E-state index in [1.165, 1.54) is 0 Å². The Morgan fingerprint density at radius 1 is 1.04 bits per heavy atom. The van der Waals surface area contributed by atoms with Crippen LogP contribution in [0.1, 0.15) is 17.7 Å². The Bertz CT molecular complexity index is 820. The zero-order chi connectivity index (χ0) is 18.2. The van der Waals surface area contributed by atoms with E-state index in [4.69, 9.17) is 26.5 Å². The average molecular weight is 371 g/mol. The number of hydrogen-bond acceptors (Lipinski definition) is 4. The molecule has 1 N–H and O–H groups in total. The van der Waals surface area contributed by atoms with Crippen molar-refractivity contribution in [2.45, 2.75) is 19.5 Å². The fourth-order valence-corrected chi connectivity index (χ4v) is 2.92. The van der Waals surface area contributed by atoms with E-state index in [1.54, 1.807) is 11.9 Å². The van der Waals surface area contributed by atoms with Crippen LogP contribution in [0.15, 0.2) is 54.6 Å². The van der Waals surface area contributed by atoms with Crippen LogP contribution in [0.5, 0.6) is 0 Å². The molecule has 0 fully saturated rings. The van der Waals surface area contributed by atoms with Gasteiger partial charge in [-0.25, -0.2) is 0 Å². The summed E-state index contributed by atoms with van der Waals surface area (Å²) in [6.07, 6.45) is 0.963. The highest BCUT2D eigenvalue weighted by Gasteiger charge is 2.13. The Labute approximate surface area is 158 Å². The number of rotatable bonds is 9. The lowest BCUT2D eigenvalue weighted by Gasteiger charge is -2.04. The first-order chi connectivity index (χ1) is 12.8. The van der Waals surface area contributed by atoms with Gasteiger partial charge in [0.05, 0.1) is 6.54 Å². The fraction of sp³-hybridized carbons (Fsp3) is 0.300. The molecule has 6 heteroatoms. The average Bonchev–Trinajstić information content (AvgIpc) is 3.07. The highest BCUT2D eigenvalue weighted by Crippen LogP contribution is 2.21. The van der Waals surface area contributed by atoms with E-state index in [-0.39, 0.29) is 0 Å². The molecule has 0 atom stereocenters. The molecule has 0 unspecified atom stereocenters. The maximum absolute atomic E-state index is 6.28. The van der Waals surface area contributed by atoms with Crippen molar-refractivity contribution in [1.29, 1.82) is 0 Å². The maximum Gasteiger partial charge on any atom is 0.117 e. The van der Waals surface area contributed by atoms with Crippen LogP contribution in [0, 0.1) is 0 Å². The van der Waals surface area contributed by atoms with Gasteiger partial charge in [-0.15, -0.1) is 0 Å². The fourth-order valence-electron chi connectivity index (χ4n) is 2.72. The van der Waals surface area contributed by atoms with Crippen molar-refractivity contribution in [3.63, 3.8) is 0 Å². The Kier molecular flexibility index (Phi) is 6.77. The molecule has 3 rings (SSSR count). The van der Waals surface area contributed by atoms with Gasteiger partial charge >= 0.3 is 0 Å². The van der Waals surface area contributed by atoms with Gasteiger partial charge in [-0.1, -0.05) is 60.1 Å². The van der Waals surface area contributed by atoms with Crippen LogP contribution in [0.25, 0.3) is 11.3 Å². The number of aromatic nitrogens is 3. The Balaban J connectivity index is 1.79. The van der Waals surface area contributed by atoms with E-state index in [0.29, 0.717) is 13.1 Å². The monoisotopic (exact) mass is 370 g/mol. The van der Waals surface area contributed by atoms with Gasteiger partial charge in [0.2, 0.25) is 0 Å². The second-order valence-electron chi connectivity index (χ2n) is 6.01. The van der Waals surface area contributed by atoms with Crippen molar-refractivity contribution in [2.75, 3.05) is 20.3 Å². The molecule has 0 spiro atoms. The summed E-state index contributed by atoms with van der Waals surface area (Å²) in [6.45, 7) is 2.83. The highest BCUT2D eigenvalue weighted by atomic mass is 35.5. The van der Waals surface area contributed by atoms with Crippen LogP contribution in [0.3, 0.4) is 0 Å². The summed E-state index contributed by atoms with van der Waals surface area (Å²) in [7, 11) is 1.72. The predicted octanol–water partition coefficient (Wildman–Crippen LogP) is 3.77. The summed E-state index contributed by atoms with van der Waals surface area (Å²) in [4.78, 5) is 1.72. The molecule has 0 bridgehead atoms. The van der Waals surface area contributed by atoms with Crippen molar-refractivity contribution >= 4 is 11.6 Å². The number of ether oxygens (including phenoxy) is 1. The number of nitrogens with one attached hydrogen (secondary N) is 1. The van der Waals surface area contributed by atoms with Gasteiger partial charge in [-0.05, 0) is 24.6 Å². The van der Waals surface area contributed by atoms with Gasteiger partial charge in [-0.2, -0.15) is 15.0 Å². The number of benzene rings is 2. The largest absolute Gasteiger partial charge is 0.385 e. The van der Waals surface area contributed by atoms with Crippen LogP contribution >= 0.6 is 11.6 Å². The SMILES string of the molecule is COCCCNCc1nn(Cc2ccccc2Cl)nc1-c1ccccc1. The van der Waals surface area contributed by atoms with Crippen LogP contribution in [-0.2, 0) is 17.8 Å². The molecule has 0 radical (unpaired) electrons. The summed E-state index contributed by atoms with van der Waals surface area (Å²) >= 11 is 6.28. The Morgan fingerprint density at radius 2 is 1.81 bits per heavy atom. The van der Waals surface area contributed by atoms with Gasteiger partial charge < -0.3 is 10.1 Å². The molecule has 0 amide bonds. The molecule has 0 aliphatic rings. The predicted molar refractivity (Wildman–Crippen MR) is 104 cm³/mol. The third kappa shape index (κ3) is 4.91. The molecule has 1 aromatic heterocycles. The van der Waals surface area contributed by atoms with Crippen molar-refractivity contribution in [3.8, 4) is 11.3 Å². The van der Waals surface area contributed by atoms with Crippen LogP contribution < -0.4 is 5.32 Å². The maximum atomic E-state index is 6.28. The first-order valence-corrected chi connectivity index (χ1v) is 9.08. The van der Waals surface area contributed by atoms with Crippen molar-refractivity contribution < 1.29 is 4.74 Å². The van der Waals surface area contributed by atoms with Crippen molar-refractivity contribution in [3.05, 3.63) is 70.9 Å². The first-order valence-electron chi connectivity index (χ1n) is 8.70. The van der Waals surface area contributed by atoms with Gasteiger partial charge in [0, 0.05) is 30.8 Å². The number of halogens is 1. The smallest absolute Gasteiger partial charge is 0.117 e. The molecule has 0 saturated carbocycles. The topological polar surface area (TPSA) is 52.0 Å². The molecule has 136 valence electrons. The summed E-state index contributed by atoms with van der Waals surface area (Å²) < 4.78 is 5.08. The lowest BCUT2D eigenvalue weighted by Crippen LogP contribution is -2.17. The molecule has 5 nitrogen and oxygen atoms in total. The quantitative estimate of drug-likeness (QED) is 0.582. The van der Waals surface area contributed by atoms with E-state index in [1.807, 2.05) is 42.5 Å². The standard InChI is InChI=1S/C20H23ClN4O/c1-26-13-7-12-22-14-19-20(16-8-3-2-4-9-16)24-25(23-19)15-17-10-5-6-11-18(17)21/h2-6,8-11,22H,7,12-15H2,1H3. The lowest BCUT2D eigenvalue weighted by molar-refractivity contribution is 0.194. The molecule has 0 saturated heterocycles. The van der Waals surface area contributed by atoms with Crippen molar-refractivity contribution in [1.82, 2.24) is 20.3 Å². The van der Waals surface area contributed by atoms with Crippen LogP contribution in [0.2, 0.25) is 5.02 Å². The second-order valence-corrected chi connectivity index (χ2v) is 6.41. The zero-order valence-electron chi connectivity index (χ0n) is 14.9. The van der Waals surface area contributed by atoms with E-state index in [2.05, 4.69) is 17.4 Å². The highest BCUT2D eigenvalue weighted by molar-refractivity contribution is 6.31. The molecular weight excluding hydrogens is 348 g/mol. The molecule has 2 aromatic carbocycles. The Hall–Kier alpha value is -2.21. The van der Waals surface area contributed by atoms with Gasteiger partial charge in [-0.3, -0.25) is 0 Å². The third-order valence-electron chi connectivity index (χ3n) is 4.04. The molecule has 0 aliphatic carbocycles. The van der Waals surface area contributed by atoms with E-state index in [9.17, 15) is 0 Å². The summed E-state index contributed by atoms with van der Waals surface area (Å²) in [5.74, 6) is 0. The number of nitrogens with zero attached hydrogens (tertiary/aromatic N) is 3. The summed E-state index contributed by atoms with van der Waals surface area (Å²) in [5.41, 5.74) is 3.90. The number of methoxy groups -OCH3 is 1.